The first-order valence-electron chi connectivity index (χ1n) is 14.0. The first-order valence-corrected chi connectivity index (χ1v) is 14.8. The van der Waals surface area contributed by atoms with E-state index in [0.29, 0.717) is 23.3 Å². The molecule has 2 atom stereocenters. The van der Waals surface area contributed by atoms with Gasteiger partial charge < -0.3 is 4.90 Å². The quantitative estimate of drug-likeness (QED) is 0.199. The van der Waals surface area contributed by atoms with Gasteiger partial charge in [0.2, 0.25) is 0 Å². The maximum Gasteiger partial charge on any atom is 0.257 e. The van der Waals surface area contributed by atoms with Crippen molar-refractivity contribution in [2.75, 3.05) is 4.90 Å². The van der Waals surface area contributed by atoms with Gasteiger partial charge in [0.05, 0.1) is 18.3 Å². The molecule has 204 valence electrons. The third kappa shape index (κ3) is 4.25. The van der Waals surface area contributed by atoms with Gasteiger partial charge in [-0.15, -0.1) is 0 Å². The third-order valence-electron chi connectivity index (χ3n) is 8.19. The highest BCUT2D eigenvalue weighted by Gasteiger charge is 2.60. The molecule has 42 heavy (non-hydrogen) atoms. The van der Waals surface area contributed by atoms with Gasteiger partial charge in [0.15, 0.2) is 11.3 Å². The molecule has 1 amide bonds. The molecule has 4 nitrogen and oxygen atoms in total. The van der Waals surface area contributed by atoms with Gasteiger partial charge in [0, 0.05) is 26.7 Å². The van der Waals surface area contributed by atoms with Crippen LogP contribution in [0.3, 0.4) is 0 Å². The molecule has 5 heteroatoms. The van der Waals surface area contributed by atoms with Crippen LogP contribution in [0.4, 0.5) is 5.69 Å². The molecule has 0 saturated carbocycles. The highest BCUT2D eigenvalue weighted by molar-refractivity contribution is 9.10. The minimum absolute atomic E-state index is 0.0932. The molecular formula is C37H27BrN2O2. The Labute approximate surface area is 253 Å². The van der Waals surface area contributed by atoms with Crippen molar-refractivity contribution in [2.45, 2.75) is 18.1 Å². The van der Waals surface area contributed by atoms with E-state index >= 15 is 4.79 Å². The number of nitrogens with one attached hydrogen (secondary N) is 1. The number of anilines is 1. The van der Waals surface area contributed by atoms with Crippen LogP contribution in [0, 0.1) is 0 Å². The van der Waals surface area contributed by atoms with Crippen LogP contribution >= 0.6 is 15.9 Å². The Hall–Kier alpha value is -4.58. The Kier molecular flexibility index (Phi) is 6.69. The standard InChI is InChI=1S/C37H27BrN2O2/c38-29-22-20-27(21-23-29)34-32(35(41)28-16-8-3-9-17-28)33(26-14-6-2-7-15-26)37(39-34)30-18-10-11-19-31(30)40(36(37)42)24-25-12-4-1-5-13-25/h1-23,34,39H,24H2/t34-,37-/m1/s1. The minimum atomic E-state index is -1.26. The maximum absolute atomic E-state index is 15.0. The number of rotatable bonds is 6. The molecule has 2 heterocycles. The number of hydrogen-bond acceptors (Lipinski definition) is 3. The van der Waals surface area contributed by atoms with Gasteiger partial charge in [0.25, 0.3) is 5.91 Å². The molecule has 0 unspecified atom stereocenters. The summed E-state index contributed by atoms with van der Waals surface area (Å²) < 4.78 is 0.943. The predicted molar refractivity (Wildman–Crippen MR) is 170 cm³/mol. The van der Waals surface area contributed by atoms with Crippen LogP contribution in [0.15, 0.2) is 150 Å². The van der Waals surface area contributed by atoms with Crippen LogP contribution in [0.25, 0.3) is 5.57 Å². The van der Waals surface area contributed by atoms with E-state index in [-0.39, 0.29) is 11.7 Å². The molecule has 0 fully saturated rings. The van der Waals surface area contributed by atoms with Crippen molar-refractivity contribution in [2.24, 2.45) is 0 Å². The van der Waals surface area contributed by atoms with E-state index < -0.39 is 11.6 Å². The van der Waals surface area contributed by atoms with Gasteiger partial charge in [-0.05, 0) is 34.9 Å². The van der Waals surface area contributed by atoms with Crippen LogP contribution in [-0.2, 0) is 16.9 Å². The average molecular weight is 612 g/mol. The summed E-state index contributed by atoms with van der Waals surface area (Å²) >= 11 is 3.55. The lowest BCUT2D eigenvalue weighted by Crippen LogP contribution is -2.49. The lowest BCUT2D eigenvalue weighted by molar-refractivity contribution is -0.122. The van der Waals surface area contributed by atoms with Crippen molar-refractivity contribution in [3.63, 3.8) is 0 Å². The summed E-state index contributed by atoms with van der Waals surface area (Å²) in [5, 5.41) is 3.77. The van der Waals surface area contributed by atoms with Crippen molar-refractivity contribution in [1.29, 1.82) is 0 Å². The van der Waals surface area contributed by atoms with Crippen LogP contribution in [0.1, 0.15) is 38.7 Å². The SMILES string of the molecule is O=C(C1=C(c2ccccc2)[C@@]2(N[C@@H]1c1ccc(Br)cc1)C(=O)N(Cc1ccccc1)c1ccccc12)c1ccccc1. The number of para-hydroxylation sites is 1. The van der Waals surface area contributed by atoms with Gasteiger partial charge in [-0.1, -0.05) is 137 Å². The Bertz CT molecular complexity index is 1820. The second kappa shape index (κ2) is 10.7. The van der Waals surface area contributed by atoms with Crippen molar-refractivity contribution >= 4 is 38.9 Å². The van der Waals surface area contributed by atoms with Crippen molar-refractivity contribution in [1.82, 2.24) is 5.32 Å². The summed E-state index contributed by atoms with van der Waals surface area (Å²) in [5.74, 6) is -0.192. The van der Waals surface area contributed by atoms with Crippen LogP contribution in [-0.4, -0.2) is 11.7 Å². The lowest BCUT2D eigenvalue weighted by Gasteiger charge is -2.29. The Morgan fingerprint density at radius 1 is 0.738 bits per heavy atom. The van der Waals surface area contributed by atoms with Crippen molar-refractivity contribution in [3.05, 3.63) is 177 Å². The summed E-state index contributed by atoms with van der Waals surface area (Å²) in [6.45, 7) is 0.424. The van der Waals surface area contributed by atoms with Crippen LogP contribution in [0.5, 0.6) is 0 Å². The smallest absolute Gasteiger partial charge is 0.257 e. The van der Waals surface area contributed by atoms with E-state index in [1.54, 1.807) is 0 Å². The number of hydrogen-bond donors (Lipinski definition) is 1. The van der Waals surface area contributed by atoms with Gasteiger partial charge in [-0.3, -0.25) is 14.9 Å². The molecule has 7 rings (SSSR count). The summed E-state index contributed by atoms with van der Waals surface area (Å²) in [5.41, 5.74) is 5.09. The number of carbonyl (C=O) groups excluding carboxylic acids is 2. The third-order valence-corrected chi connectivity index (χ3v) is 8.72. The molecule has 1 N–H and O–H groups in total. The zero-order valence-corrected chi connectivity index (χ0v) is 24.3. The minimum Gasteiger partial charge on any atom is -0.305 e. The number of halogens is 1. The molecule has 2 aliphatic rings. The van der Waals surface area contributed by atoms with E-state index in [1.165, 1.54) is 0 Å². The molecule has 5 aromatic rings. The predicted octanol–water partition coefficient (Wildman–Crippen LogP) is 7.87. The highest BCUT2D eigenvalue weighted by Crippen LogP contribution is 2.56. The first-order chi connectivity index (χ1) is 20.6. The van der Waals surface area contributed by atoms with E-state index in [2.05, 4.69) is 21.2 Å². The number of carbonyl (C=O) groups is 2. The van der Waals surface area contributed by atoms with Gasteiger partial charge >= 0.3 is 0 Å². The maximum atomic E-state index is 15.0. The van der Waals surface area contributed by atoms with Gasteiger partial charge in [0.1, 0.15) is 0 Å². The normalized spacial score (nSPS) is 19.4. The van der Waals surface area contributed by atoms with E-state index in [9.17, 15) is 4.79 Å². The Morgan fingerprint density at radius 3 is 2.02 bits per heavy atom. The summed E-state index contributed by atoms with van der Waals surface area (Å²) in [6, 6.07) is 44.6. The van der Waals surface area contributed by atoms with Crippen molar-refractivity contribution in [3.8, 4) is 0 Å². The number of Topliss-reactive ketones (excluding diaryl/α,β-unsaturated/α-hetero) is 1. The van der Waals surface area contributed by atoms with Crippen LogP contribution in [0.2, 0.25) is 0 Å². The van der Waals surface area contributed by atoms with E-state index in [4.69, 9.17) is 0 Å². The van der Waals surface area contributed by atoms with Crippen LogP contribution < -0.4 is 10.2 Å². The second-order valence-electron chi connectivity index (χ2n) is 10.6. The number of nitrogens with zero attached hydrogens (tertiary/aromatic N) is 1. The van der Waals surface area contributed by atoms with E-state index in [0.717, 1.165) is 32.4 Å². The Morgan fingerprint density at radius 2 is 1.33 bits per heavy atom. The Balaban J connectivity index is 1.51. The number of fused-ring (bicyclic) bond motifs is 2. The topological polar surface area (TPSA) is 49.4 Å². The molecule has 0 radical (unpaired) electrons. The summed E-state index contributed by atoms with van der Waals surface area (Å²) in [6.07, 6.45) is 0. The second-order valence-corrected chi connectivity index (χ2v) is 11.5. The van der Waals surface area contributed by atoms with Crippen molar-refractivity contribution < 1.29 is 9.59 Å². The highest BCUT2D eigenvalue weighted by atomic mass is 79.9. The molecule has 5 aromatic carbocycles. The lowest BCUT2D eigenvalue weighted by atomic mass is 9.79. The number of benzene rings is 5. The fourth-order valence-corrected chi connectivity index (χ4v) is 6.60. The number of amides is 1. The molecule has 1 spiro atoms. The first kappa shape index (κ1) is 26.3. The largest absolute Gasteiger partial charge is 0.305 e. The van der Waals surface area contributed by atoms with Gasteiger partial charge in [-0.25, -0.2) is 0 Å². The monoisotopic (exact) mass is 610 g/mol. The van der Waals surface area contributed by atoms with E-state index in [1.807, 2.05) is 144 Å². The molecule has 0 aliphatic carbocycles. The zero-order chi connectivity index (χ0) is 28.7. The summed E-state index contributed by atoms with van der Waals surface area (Å²) in [4.78, 5) is 31.5. The zero-order valence-electron chi connectivity index (χ0n) is 22.7. The molecule has 2 aliphatic heterocycles. The molecule has 0 saturated heterocycles. The fourth-order valence-electron chi connectivity index (χ4n) is 6.34. The fraction of sp³-hybridized carbons (Fsp3) is 0.0811. The van der Waals surface area contributed by atoms with Gasteiger partial charge in [-0.2, -0.15) is 0 Å². The molecule has 0 aromatic heterocycles. The summed E-state index contributed by atoms with van der Waals surface area (Å²) in [7, 11) is 0. The number of ketones is 1. The molecular weight excluding hydrogens is 584 g/mol. The molecule has 0 bridgehead atoms. The average Bonchev–Trinajstić information content (AvgIpc) is 3.52.